The second kappa shape index (κ2) is 10.9. The van der Waals surface area contributed by atoms with E-state index >= 15 is 0 Å². The van der Waals surface area contributed by atoms with Crippen molar-refractivity contribution in [1.82, 2.24) is 14.9 Å². The van der Waals surface area contributed by atoms with E-state index in [1.165, 1.54) is 5.56 Å². The molecule has 2 aromatic carbocycles. The Bertz CT molecular complexity index is 1150. The fourth-order valence-corrected chi connectivity index (χ4v) is 3.39. The number of aromatic nitrogens is 2. The SMILES string of the molecule is O=C(O)/C=C/C(=O)O.O=[N+]([O-])c1ccc2c(c1)nc(N1CCNCC1)n2Cc1ccccc1. The normalized spacial score (nSPS) is 13.5. The Kier molecular flexibility index (Phi) is 7.71. The summed E-state index contributed by atoms with van der Waals surface area (Å²) in [6.45, 7) is 4.26. The lowest BCUT2D eigenvalue weighted by Gasteiger charge is -2.29. The van der Waals surface area contributed by atoms with E-state index in [0.717, 1.165) is 37.6 Å². The van der Waals surface area contributed by atoms with Gasteiger partial charge in [-0.15, -0.1) is 0 Å². The summed E-state index contributed by atoms with van der Waals surface area (Å²) in [5.74, 6) is -1.64. The minimum atomic E-state index is -1.26. The number of fused-ring (bicyclic) bond motifs is 1. The zero-order valence-electron chi connectivity index (χ0n) is 17.6. The molecule has 1 saturated heterocycles. The highest BCUT2D eigenvalue weighted by molar-refractivity contribution is 5.89. The smallest absolute Gasteiger partial charge is 0.328 e. The van der Waals surface area contributed by atoms with E-state index in [0.29, 0.717) is 24.2 Å². The van der Waals surface area contributed by atoms with Crippen molar-refractivity contribution < 1.29 is 24.7 Å². The van der Waals surface area contributed by atoms with E-state index < -0.39 is 11.9 Å². The van der Waals surface area contributed by atoms with Crippen LogP contribution in [-0.2, 0) is 16.1 Å². The predicted octanol–water partition coefficient (Wildman–Crippen LogP) is 2.11. The fourth-order valence-electron chi connectivity index (χ4n) is 3.39. The van der Waals surface area contributed by atoms with Crippen LogP contribution in [0.15, 0.2) is 60.7 Å². The Labute approximate surface area is 188 Å². The lowest BCUT2D eigenvalue weighted by Crippen LogP contribution is -2.44. The van der Waals surface area contributed by atoms with Gasteiger partial charge in [0.15, 0.2) is 0 Å². The molecule has 1 aliphatic heterocycles. The molecule has 11 heteroatoms. The van der Waals surface area contributed by atoms with Gasteiger partial charge in [-0.05, 0) is 11.6 Å². The molecule has 1 aliphatic rings. The van der Waals surface area contributed by atoms with Crippen molar-refractivity contribution in [1.29, 1.82) is 0 Å². The summed E-state index contributed by atoms with van der Waals surface area (Å²) >= 11 is 0. The van der Waals surface area contributed by atoms with E-state index in [1.807, 2.05) is 18.2 Å². The number of aliphatic carboxylic acids is 2. The molecule has 2 heterocycles. The highest BCUT2D eigenvalue weighted by atomic mass is 16.6. The summed E-state index contributed by atoms with van der Waals surface area (Å²) in [5, 5.41) is 30.0. The fraction of sp³-hybridized carbons (Fsp3) is 0.227. The quantitative estimate of drug-likeness (QED) is 0.289. The number of nitro benzene ring substituents is 1. The highest BCUT2D eigenvalue weighted by Crippen LogP contribution is 2.27. The molecule has 11 nitrogen and oxygen atoms in total. The summed E-state index contributed by atoms with van der Waals surface area (Å²) in [6, 6.07) is 15.1. The summed E-state index contributed by atoms with van der Waals surface area (Å²) in [4.78, 5) is 36.8. The molecule has 0 radical (unpaired) electrons. The molecular weight excluding hydrogens is 430 g/mol. The molecule has 0 atom stereocenters. The number of hydrogen-bond acceptors (Lipinski definition) is 7. The molecule has 0 amide bonds. The lowest BCUT2D eigenvalue weighted by atomic mass is 10.2. The first-order chi connectivity index (χ1) is 15.8. The van der Waals surface area contributed by atoms with Crippen LogP contribution in [0, 0.1) is 10.1 Å². The van der Waals surface area contributed by atoms with Gasteiger partial charge in [-0.3, -0.25) is 10.1 Å². The minimum Gasteiger partial charge on any atom is -0.478 e. The van der Waals surface area contributed by atoms with Crippen LogP contribution in [-0.4, -0.2) is 62.8 Å². The maximum atomic E-state index is 11.1. The number of piperazine rings is 1. The van der Waals surface area contributed by atoms with Gasteiger partial charge in [0.25, 0.3) is 5.69 Å². The standard InChI is InChI=1S/C18H19N5O2.C4H4O4/c24-23(25)15-6-7-17-16(12-15)20-18(21-10-8-19-9-11-21)22(17)13-14-4-2-1-3-5-14;5-3(6)1-2-4(7)8/h1-7,12,19H,8-11,13H2;1-2H,(H,5,6)(H,7,8)/b;2-1+. The second-order valence-corrected chi connectivity index (χ2v) is 7.16. The van der Waals surface area contributed by atoms with Crippen molar-refractivity contribution in [3.8, 4) is 0 Å². The number of nitrogens with zero attached hydrogens (tertiary/aromatic N) is 4. The molecule has 0 aliphatic carbocycles. The second-order valence-electron chi connectivity index (χ2n) is 7.16. The number of nitro groups is 1. The molecule has 0 spiro atoms. The number of hydrogen-bond donors (Lipinski definition) is 3. The van der Waals surface area contributed by atoms with Crippen LogP contribution in [0.2, 0.25) is 0 Å². The maximum Gasteiger partial charge on any atom is 0.328 e. The van der Waals surface area contributed by atoms with Crippen molar-refractivity contribution in [2.45, 2.75) is 6.54 Å². The maximum absolute atomic E-state index is 11.1. The van der Waals surface area contributed by atoms with Gasteiger partial charge in [-0.2, -0.15) is 0 Å². The van der Waals surface area contributed by atoms with Crippen molar-refractivity contribution in [3.63, 3.8) is 0 Å². The Morgan fingerprint density at radius 2 is 1.70 bits per heavy atom. The van der Waals surface area contributed by atoms with E-state index in [2.05, 4.69) is 26.9 Å². The zero-order valence-corrected chi connectivity index (χ0v) is 17.6. The summed E-state index contributed by atoms with van der Waals surface area (Å²) in [6.07, 6.45) is 1.12. The van der Waals surface area contributed by atoms with Crippen molar-refractivity contribution in [3.05, 3.63) is 76.4 Å². The molecule has 0 unspecified atom stereocenters. The van der Waals surface area contributed by atoms with Crippen molar-refractivity contribution >= 4 is 34.6 Å². The molecule has 33 heavy (non-hydrogen) atoms. The number of benzene rings is 2. The van der Waals surface area contributed by atoms with E-state index in [9.17, 15) is 19.7 Å². The van der Waals surface area contributed by atoms with E-state index in [4.69, 9.17) is 15.2 Å². The number of nitrogens with one attached hydrogen (secondary N) is 1. The van der Waals surface area contributed by atoms with Crippen LogP contribution < -0.4 is 10.2 Å². The van der Waals surface area contributed by atoms with Crippen LogP contribution in [0.5, 0.6) is 0 Å². The van der Waals surface area contributed by atoms with Gasteiger partial charge >= 0.3 is 11.9 Å². The third kappa shape index (κ3) is 6.37. The van der Waals surface area contributed by atoms with Gasteiger partial charge < -0.3 is 25.0 Å². The van der Waals surface area contributed by atoms with Gasteiger partial charge in [-0.25, -0.2) is 14.6 Å². The molecule has 4 rings (SSSR count). The number of anilines is 1. The average Bonchev–Trinajstić information content (AvgIpc) is 3.17. The first kappa shape index (κ1) is 23.4. The Morgan fingerprint density at radius 1 is 1.06 bits per heavy atom. The highest BCUT2D eigenvalue weighted by Gasteiger charge is 2.20. The predicted molar refractivity (Wildman–Crippen MR) is 121 cm³/mol. The largest absolute Gasteiger partial charge is 0.478 e. The first-order valence-electron chi connectivity index (χ1n) is 10.1. The Hall–Kier alpha value is -4.25. The van der Waals surface area contributed by atoms with Crippen LogP contribution in [0.1, 0.15) is 5.56 Å². The molecule has 3 aromatic rings. The topological polar surface area (TPSA) is 151 Å². The van der Waals surface area contributed by atoms with Gasteiger partial charge in [0, 0.05) is 50.5 Å². The van der Waals surface area contributed by atoms with Crippen LogP contribution in [0.3, 0.4) is 0 Å². The molecule has 3 N–H and O–H groups in total. The Morgan fingerprint density at radius 3 is 2.27 bits per heavy atom. The van der Waals surface area contributed by atoms with Crippen molar-refractivity contribution in [2.24, 2.45) is 0 Å². The van der Waals surface area contributed by atoms with E-state index in [1.54, 1.807) is 18.2 Å². The molecular formula is C22H23N5O6. The molecule has 1 aromatic heterocycles. The summed E-state index contributed by atoms with van der Waals surface area (Å²) in [7, 11) is 0. The first-order valence-corrected chi connectivity index (χ1v) is 10.1. The van der Waals surface area contributed by atoms with Crippen LogP contribution in [0.4, 0.5) is 11.6 Å². The number of carboxylic acids is 2. The van der Waals surface area contributed by atoms with Gasteiger partial charge in [0.1, 0.15) is 0 Å². The molecule has 172 valence electrons. The number of carbonyl (C=O) groups is 2. The number of imidazole rings is 1. The van der Waals surface area contributed by atoms with Crippen LogP contribution in [0.25, 0.3) is 11.0 Å². The Balaban J connectivity index is 0.000000331. The summed E-state index contributed by atoms with van der Waals surface area (Å²) in [5.41, 5.74) is 2.84. The van der Waals surface area contributed by atoms with Crippen LogP contribution >= 0.6 is 0 Å². The number of non-ortho nitro benzene ring substituents is 1. The van der Waals surface area contributed by atoms with Crippen molar-refractivity contribution in [2.75, 3.05) is 31.1 Å². The average molecular weight is 453 g/mol. The van der Waals surface area contributed by atoms with Gasteiger partial charge in [0.2, 0.25) is 5.95 Å². The van der Waals surface area contributed by atoms with E-state index in [-0.39, 0.29) is 10.6 Å². The lowest BCUT2D eigenvalue weighted by molar-refractivity contribution is -0.384. The monoisotopic (exact) mass is 453 g/mol. The summed E-state index contributed by atoms with van der Waals surface area (Å²) < 4.78 is 2.15. The zero-order chi connectivity index (χ0) is 23.8. The number of rotatable bonds is 6. The molecule has 1 fully saturated rings. The third-order valence-electron chi connectivity index (χ3n) is 4.87. The minimum absolute atomic E-state index is 0.0729. The van der Waals surface area contributed by atoms with Gasteiger partial charge in [-0.1, -0.05) is 30.3 Å². The third-order valence-corrected chi connectivity index (χ3v) is 4.87. The molecule has 0 saturated carbocycles. The van der Waals surface area contributed by atoms with Gasteiger partial charge in [0.05, 0.1) is 22.5 Å². The molecule has 0 bridgehead atoms. The number of carboxylic acid groups (broad SMARTS) is 2.